The fraction of sp³-hybridized carbons (Fsp3) is 0.923. The second-order valence-corrected chi connectivity index (χ2v) is 6.05. The van der Waals surface area contributed by atoms with Crippen molar-refractivity contribution in [1.29, 1.82) is 0 Å². The average molecular weight is 226 g/mol. The van der Waals surface area contributed by atoms with Crippen LogP contribution in [0, 0.1) is 5.41 Å². The third-order valence-electron chi connectivity index (χ3n) is 3.14. The predicted molar refractivity (Wildman–Crippen MR) is 67.1 cm³/mol. The molecule has 1 saturated carbocycles. The zero-order valence-corrected chi connectivity index (χ0v) is 11.0. The number of amides is 1. The SMILES string of the molecule is CC(C)(C)CC(=O)N(CCN)C1CCCC1. The van der Waals surface area contributed by atoms with Crippen molar-refractivity contribution in [2.24, 2.45) is 11.1 Å². The van der Waals surface area contributed by atoms with Gasteiger partial charge in [0.2, 0.25) is 5.91 Å². The van der Waals surface area contributed by atoms with Crippen molar-refractivity contribution in [3.05, 3.63) is 0 Å². The van der Waals surface area contributed by atoms with E-state index in [1.807, 2.05) is 4.90 Å². The summed E-state index contributed by atoms with van der Waals surface area (Å²) in [4.78, 5) is 14.2. The van der Waals surface area contributed by atoms with Gasteiger partial charge in [-0.1, -0.05) is 33.6 Å². The third-order valence-corrected chi connectivity index (χ3v) is 3.14. The van der Waals surface area contributed by atoms with E-state index in [-0.39, 0.29) is 11.3 Å². The normalized spacial score (nSPS) is 17.8. The van der Waals surface area contributed by atoms with Crippen molar-refractivity contribution in [2.75, 3.05) is 13.1 Å². The Kier molecular flexibility index (Phi) is 4.78. The van der Waals surface area contributed by atoms with Gasteiger partial charge in [0.15, 0.2) is 0 Å². The lowest BCUT2D eigenvalue weighted by Crippen LogP contribution is -2.43. The van der Waals surface area contributed by atoms with Crippen molar-refractivity contribution in [2.45, 2.75) is 58.9 Å². The summed E-state index contributed by atoms with van der Waals surface area (Å²) in [6.07, 6.45) is 5.47. The molecule has 0 atom stereocenters. The molecular weight excluding hydrogens is 200 g/mol. The molecule has 1 aliphatic rings. The minimum atomic E-state index is 0.0720. The fourth-order valence-electron chi connectivity index (χ4n) is 2.42. The molecule has 0 unspecified atom stereocenters. The first-order valence-electron chi connectivity index (χ1n) is 6.43. The highest BCUT2D eigenvalue weighted by atomic mass is 16.2. The highest BCUT2D eigenvalue weighted by Gasteiger charge is 2.28. The van der Waals surface area contributed by atoms with Gasteiger partial charge in [-0.15, -0.1) is 0 Å². The highest BCUT2D eigenvalue weighted by Crippen LogP contribution is 2.26. The second kappa shape index (κ2) is 5.67. The van der Waals surface area contributed by atoms with Crippen LogP contribution in [0.1, 0.15) is 52.9 Å². The molecule has 2 N–H and O–H groups in total. The Labute approximate surface area is 99.4 Å². The van der Waals surface area contributed by atoms with Gasteiger partial charge < -0.3 is 10.6 Å². The van der Waals surface area contributed by atoms with Gasteiger partial charge in [0, 0.05) is 25.6 Å². The van der Waals surface area contributed by atoms with E-state index in [4.69, 9.17) is 5.73 Å². The molecule has 1 fully saturated rings. The smallest absolute Gasteiger partial charge is 0.223 e. The standard InChI is InChI=1S/C13H26N2O/c1-13(2,3)10-12(16)15(9-8-14)11-6-4-5-7-11/h11H,4-10,14H2,1-3H3. The van der Waals surface area contributed by atoms with Crippen LogP contribution >= 0.6 is 0 Å². The summed E-state index contributed by atoms with van der Waals surface area (Å²) in [5.74, 6) is 0.282. The minimum absolute atomic E-state index is 0.0720. The number of nitrogens with two attached hydrogens (primary N) is 1. The van der Waals surface area contributed by atoms with E-state index in [9.17, 15) is 4.79 Å². The largest absolute Gasteiger partial charge is 0.338 e. The van der Waals surface area contributed by atoms with E-state index in [1.54, 1.807) is 0 Å². The lowest BCUT2D eigenvalue weighted by molar-refractivity contribution is -0.135. The molecule has 1 aliphatic carbocycles. The zero-order chi connectivity index (χ0) is 12.2. The van der Waals surface area contributed by atoms with Gasteiger partial charge in [-0.05, 0) is 18.3 Å². The van der Waals surface area contributed by atoms with Crippen LogP contribution in [0.5, 0.6) is 0 Å². The van der Waals surface area contributed by atoms with E-state index in [0.717, 1.165) is 19.4 Å². The molecule has 0 aromatic rings. The number of hydrogen-bond acceptors (Lipinski definition) is 2. The van der Waals surface area contributed by atoms with Crippen LogP contribution in [0.25, 0.3) is 0 Å². The second-order valence-electron chi connectivity index (χ2n) is 6.05. The molecule has 1 amide bonds. The van der Waals surface area contributed by atoms with Crippen molar-refractivity contribution in [3.63, 3.8) is 0 Å². The third kappa shape index (κ3) is 4.12. The molecule has 0 spiro atoms. The summed E-state index contributed by atoms with van der Waals surface area (Å²) in [7, 11) is 0. The van der Waals surface area contributed by atoms with Gasteiger partial charge in [0.1, 0.15) is 0 Å². The summed E-state index contributed by atoms with van der Waals surface area (Å²) in [6, 6.07) is 0.457. The molecule has 0 bridgehead atoms. The van der Waals surface area contributed by atoms with Gasteiger partial charge in [-0.2, -0.15) is 0 Å². The molecule has 0 aromatic carbocycles. The molecule has 0 saturated heterocycles. The van der Waals surface area contributed by atoms with Crippen LogP contribution in [0.3, 0.4) is 0 Å². The maximum Gasteiger partial charge on any atom is 0.223 e. The first-order chi connectivity index (χ1) is 7.44. The first-order valence-corrected chi connectivity index (χ1v) is 6.43. The van der Waals surface area contributed by atoms with E-state index in [0.29, 0.717) is 19.0 Å². The number of carbonyl (C=O) groups excluding carboxylic acids is 1. The molecule has 0 radical (unpaired) electrons. The lowest BCUT2D eigenvalue weighted by atomic mass is 9.91. The number of rotatable bonds is 4. The summed E-state index contributed by atoms with van der Waals surface area (Å²) in [6.45, 7) is 7.63. The highest BCUT2D eigenvalue weighted by molar-refractivity contribution is 5.77. The van der Waals surface area contributed by atoms with E-state index in [1.165, 1.54) is 12.8 Å². The van der Waals surface area contributed by atoms with Gasteiger partial charge >= 0.3 is 0 Å². The van der Waals surface area contributed by atoms with Crippen LogP contribution in [0.2, 0.25) is 0 Å². The molecule has 3 nitrogen and oxygen atoms in total. The van der Waals surface area contributed by atoms with Crippen molar-refractivity contribution in [3.8, 4) is 0 Å². The lowest BCUT2D eigenvalue weighted by Gasteiger charge is -2.31. The summed E-state index contributed by atoms with van der Waals surface area (Å²) >= 11 is 0. The summed E-state index contributed by atoms with van der Waals surface area (Å²) < 4.78 is 0. The summed E-state index contributed by atoms with van der Waals surface area (Å²) in [5.41, 5.74) is 5.68. The Bertz CT molecular complexity index is 227. The van der Waals surface area contributed by atoms with E-state index in [2.05, 4.69) is 20.8 Å². The monoisotopic (exact) mass is 226 g/mol. The zero-order valence-electron chi connectivity index (χ0n) is 11.0. The molecule has 0 aliphatic heterocycles. The Morgan fingerprint density at radius 3 is 2.31 bits per heavy atom. The van der Waals surface area contributed by atoms with Crippen LogP contribution in [-0.2, 0) is 4.79 Å². The van der Waals surface area contributed by atoms with Gasteiger partial charge in [-0.3, -0.25) is 4.79 Å². The maximum absolute atomic E-state index is 12.2. The molecule has 16 heavy (non-hydrogen) atoms. The fourth-order valence-corrected chi connectivity index (χ4v) is 2.42. The Hall–Kier alpha value is -0.570. The molecular formula is C13H26N2O. The maximum atomic E-state index is 12.2. The molecule has 0 aromatic heterocycles. The number of nitrogens with zero attached hydrogens (tertiary/aromatic N) is 1. The van der Waals surface area contributed by atoms with Crippen LogP contribution in [0.4, 0.5) is 0 Å². The van der Waals surface area contributed by atoms with Gasteiger partial charge in [0.05, 0.1) is 0 Å². The number of hydrogen-bond donors (Lipinski definition) is 1. The minimum Gasteiger partial charge on any atom is -0.338 e. The van der Waals surface area contributed by atoms with Crippen LogP contribution in [0.15, 0.2) is 0 Å². The average Bonchev–Trinajstić information content (AvgIpc) is 2.63. The van der Waals surface area contributed by atoms with Crippen molar-refractivity contribution in [1.82, 2.24) is 4.90 Å². The van der Waals surface area contributed by atoms with Gasteiger partial charge in [-0.25, -0.2) is 0 Å². The van der Waals surface area contributed by atoms with E-state index < -0.39 is 0 Å². The Balaban J connectivity index is 2.57. The molecule has 3 heteroatoms. The van der Waals surface area contributed by atoms with Crippen LogP contribution < -0.4 is 5.73 Å². The van der Waals surface area contributed by atoms with Crippen molar-refractivity contribution < 1.29 is 4.79 Å². The topological polar surface area (TPSA) is 46.3 Å². The Morgan fingerprint density at radius 2 is 1.88 bits per heavy atom. The summed E-state index contributed by atoms with van der Waals surface area (Å²) in [5, 5.41) is 0. The van der Waals surface area contributed by atoms with Crippen molar-refractivity contribution >= 4 is 5.91 Å². The predicted octanol–water partition coefficient (Wildman–Crippen LogP) is 2.15. The molecule has 0 heterocycles. The molecule has 94 valence electrons. The van der Waals surface area contributed by atoms with Gasteiger partial charge in [0.25, 0.3) is 0 Å². The number of carbonyl (C=O) groups is 1. The van der Waals surface area contributed by atoms with E-state index >= 15 is 0 Å². The first kappa shape index (κ1) is 13.5. The Morgan fingerprint density at radius 1 is 1.31 bits per heavy atom. The van der Waals surface area contributed by atoms with Crippen LogP contribution in [-0.4, -0.2) is 29.9 Å². The molecule has 1 rings (SSSR count). The quantitative estimate of drug-likeness (QED) is 0.798.